The van der Waals surface area contributed by atoms with Gasteiger partial charge in [-0.15, -0.1) is 0 Å². The van der Waals surface area contributed by atoms with Gasteiger partial charge < -0.3 is 9.84 Å². The maximum Gasteiger partial charge on any atom is 0.338 e. The molecule has 16 heavy (non-hydrogen) atoms. The normalized spacial score (nSPS) is 24.1. The summed E-state index contributed by atoms with van der Waals surface area (Å²) in [4.78, 5) is 11.7. The zero-order valence-corrected chi connectivity index (χ0v) is 8.87. The van der Waals surface area contributed by atoms with Gasteiger partial charge in [0.2, 0.25) is 0 Å². The lowest BCUT2D eigenvalue weighted by molar-refractivity contribution is 0.0334. The molecule has 0 unspecified atom stereocenters. The first-order chi connectivity index (χ1) is 7.75. The molecule has 0 spiro atoms. The van der Waals surface area contributed by atoms with E-state index in [4.69, 9.17) is 4.74 Å². The second kappa shape index (κ2) is 4.94. The fraction of sp³-hybridized carbons (Fsp3) is 0.308. The fourth-order valence-electron chi connectivity index (χ4n) is 1.66. The van der Waals surface area contributed by atoms with Crippen LogP contribution in [0, 0.1) is 0 Å². The van der Waals surface area contributed by atoms with E-state index in [0.29, 0.717) is 18.4 Å². The molecular formula is C13H14O3. The van der Waals surface area contributed by atoms with E-state index in [9.17, 15) is 9.90 Å². The number of hydrogen-bond donors (Lipinski definition) is 1. The van der Waals surface area contributed by atoms with E-state index in [-0.39, 0.29) is 12.1 Å². The van der Waals surface area contributed by atoms with Crippen LogP contribution in [-0.2, 0) is 4.74 Å². The third-order valence-electron chi connectivity index (χ3n) is 2.56. The highest BCUT2D eigenvalue weighted by molar-refractivity contribution is 5.89. The maximum absolute atomic E-state index is 11.7. The minimum atomic E-state index is -0.397. The summed E-state index contributed by atoms with van der Waals surface area (Å²) in [6, 6.07) is 8.91. The molecule has 1 aliphatic rings. The van der Waals surface area contributed by atoms with E-state index >= 15 is 0 Å². The molecule has 2 atom stereocenters. The lowest BCUT2D eigenvalue weighted by Crippen LogP contribution is -2.22. The lowest BCUT2D eigenvalue weighted by Gasteiger charge is -2.19. The number of esters is 1. The largest absolute Gasteiger partial charge is 0.455 e. The molecule has 3 heteroatoms. The van der Waals surface area contributed by atoms with Crippen LogP contribution in [0.4, 0.5) is 0 Å². The van der Waals surface area contributed by atoms with Gasteiger partial charge in [-0.3, -0.25) is 0 Å². The number of aliphatic hydroxyl groups excluding tert-OH is 1. The lowest BCUT2D eigenvalue weighted by atomic mass is 10.0. The summed E-state index contributed by atoms with van der Waals surface area (Å²) in [6.45, 7) is 0. The van der Waals surface area contributed by atoms with Crippen LogP contribution in [0.2, 0.25) is 0 Å². The average molecular weight is 218 g/mol. The molecule has 1 aromatic carbocycles. The quantitative estimate of drug-likeness (QED) is 0.609. The molecule has 0 amide bonds. The summed E-state index contributed by atoms with van der Waals surface area (Å²) >= 11 is 0. The van der Waals surface area contributed by atoms with Gasteiger partial charge in [-0.1, -0.05) is 24.3 Å². The average Bonchev–Trinajstić information content (AvgIpc) is 2.33. The highest BCUT2D eigenvalue weighted by atomic mass is 16.5. The van der Waals surface area contributed by atoms with Crippen molar-refractivity contribution in [3.8, 4) is 0 Å². The number of carbonyl (C=O) groups is 1. The molecule has 0 aromatic heterocycles. The van der Waals surface area contributed by atoms with Crippen LogP contribution in [0.15, 0.2) is 42.5 Å². The third-order valence-corrected chi connectivity index (χ3v) is 2.56. The summed E-state index contributed by atoms with van der Waals surface area (Å²) < 4.78 is 5.29. The standard InChI is InChI=1S/C13H14O3/c14-11-6-8-12(9-7-11)16-13(15)10-4-2-1-3-5-10/h1-6,8,11-12,14H,7,9H2/t11-,12-/m0/s1. The van der Waals surface area contributed by atoms with Crippen molar-refractivity contribution in [1.82, 2.24) is 0 Å². The first kappa shape index (κ1) is 10.9. The van der Waals surface area contributed by atoms with Crippen molar-refractivity contribution in [2.75, 3.05) is 0 Å². The molecule has 2 rings (SSSR count). The molecule has 3 nitrogen and oxygen atoms in total. The van der Waals surface area contributed by atoms with Crippen molar-refractivity contribution in [2.24, 2.45) is 0 Å². The van der Waals surface area contributed by atoms with Gasteiger partial charge in [0.25, 0.3) is 0 Å². The Bertz CT molecular complexity index is 383. The van der Waals surface area contributed by atoms with Gasteiger partial charge in [-0.2, -0.15) is 0 Å². The van der Waals surface area contributed by atoms with Crippen LogP contribution in [-0.4, -0.2) is 23.3 Å². The van der Waals surface area contributed by atoms with Crippen molar-refractivity contribution in [2.45, 2.75) is 25.0 Å². The monoisotopic (exact) mass is 218 g/mol. The van der Waals surface area contributed by atoms with E-state index in [1.165, 1.54) is 0 Å². The van der Waals surface area contributed by atoms with E-state index in [2.05, 4.69) is 0 Å². The maximum atomic E-state index is 11.7. The number of rotatable bonds is 2. The first-order valence-electron chi connectivity index (χ1n) is 5.38. The number of benzene rings is 1. The highest BCUT2D eigenvalue weighted by Gasteiger charge is 2.18. The van der Waals surface area contributed by atoms with E-state index in [1.807, 2.05) is 6.07 Å². The molecule has 84 valence electrons. The summed E-state index contributed by atoms with van der Waals surface area (Å²) in [6.07, 6.45) is 4.13. The van der Waals surface area contributed by atoms with Crippen LogP contribution >= 0.6 is 0 Å². The van der Waals surface area contributed by atoms with Crippen LogP contribution in [0.1, 0.15) is 23.2 Å². The molecule has 0 aliphatic heterocycles. The van der Waals surface area contributed by atoms with Crippen LogP contribution in [0.25, 0.3) is 0 Å². The molecule has 0 heterocycles. The van der Waals surface area contributed by atoms with Crippen molar-refractivity contribution in [3.05, 3.63) is 48.0 Å². The van der Waals surface area contributed by atoms with Gasteiger partial charge in [0.05, 0.1) is 11.7 Å². The van der Waals surface area contributed by atoms with Crippen molar-refractivity contribution in [1.29, 1.82) is 0 Å². The molecule has 1 aromatic rings. The highest BCUT2D eigenvalue weighted by Crippen LogP contribution is 2.15. The van der Waals surface area contributed by atoms with Gasteiger partial charge in [0.15, 0.2) is 0 Å². The first-order valence-corrected chi connectivity index (χ1v) is 5.38. The number of carbonyl (C=O) groups excluding carboxylic acids is 1. The Kier molecular flexibility index (Phi) is 3.37. The summed E-state index contributed by atoms with van der Waals surface area (Å²) in [5, 5.41) is 9.25. The second-order valence-electron chi connectivity index (χ2n) is 3.84. The molecule has 0 saturated carbocycles. The zero-order chi connectivity index (χ0) is 11.4. The smallest absolute Gasteiger partial charge is 0.338 e. The molecule has 0 bridgehead atoms. The van der Waals surface area contributed by atoms with Gasteiger partial charge >= 0.3 is 5.97 Å². The topological polar surface area (TPSA) is 46.5 Å². The second-order valence-corrected chi connectivity index (χ2v) is 3.84. The van der Waals surface area contributed by atoms with Crippen molar-refractivity contribution in [3.63, 3.8) is 0 Å². The van der Waals surface area contributed by atoms with Crippen molar-refractivity contribution < 1.29 is 14.6 Å². The predicted octanol–water partition coefficient (Wildman–Crippen LogP) is 1.92. The summed E-state index contributed by atoms with van der Waals surface area (Å²) in [5.41, 5.74) is 0.557. The minimum absolute atomic E-state index is 0.212. The Morgan fingerprint density at radius 1 is 1.19 bits per heavy atom. The predicted molar refractivity (Wildman–Crippen MR) is 60.0 cm³/mol. The Hall–Kier alpha value is -1.61. The third kappa shape index (κ3) is 2.70. The number of hydrogen-bond acceptors (Lipinski definition) is 3. The Morgan fingerprint density at radius 3 is 2.56 bits per heavy atom. The summed E-state index contributed by atoms with van der Waals surface area (Å²) in [7, 11) is 0. The Balaban J connectivity index is 1.96. The van der Waals surface area contributed by atoms with E-state index < -0.39 is 6.10 Å². The Morgan fingerprint density at radius 2 is 1.94 bits per heavy atom. The molecule has 1 aliphatic carbocycles. The molecule has 0 fully saturated rings. The van der Waals surface area contributed by atoms with Gasteiger partial charge in [0, 0.05) is 0 Å². The SMILES string of the molecule is O=C(O[C@H]1C=C[C@H](O)CC1)c1ccccc1. The minimum Gasteiger partial charge on any atom is -0.455 e. The van der Waals surface area contributed by atoms with Crippen molar-refractivity contribution >= 4 is 5.97 Å². The number of aliphatic hydroxyl groups is 1. The Labute approximate surface area is 94.4 Å². The van der Waals surface area contributed by atoms with Gasteiger partial charge in [-0.25, -0.2) is 4.79 Å². The van der Waals surface area contributed by atoms with E-state index in [0.717, 1.165) is 0 Å². The zero-order valence-electron chi connectivity index (χ0n) is 8.87. The van der Waals surface area contributed by atoms with Crippen LogP contribution in [0.5, 0.6) is 0 Å². The van der Waals surface area contributed by atoms with E-state index in [1.54, 1.807) is 36.4 Å². The number of ether oxygens (including phenoxy) is 1. The van der Waals surface area contributed by atoms with Gasteiger partial charge in [0.1, 0.15) is 6.10 Å². The molecule has 0 saturated heterocycles. The van der Waals surface area contributed by atoms with Crippen LogP contribution < -0.4 is 0 Å². The fourth-order valence-corrected chi connectivity index (χ4v) is 1.66. The van der Waals surface area contributed by atoms with Crippen LogP contribution in [0.3, 0.4) is 0 Å². The molecule has 0 radical (unpaired) electrons. The summed E-state index contributed by atoms with van der Waals surface area (Å²) in [5.74, 6) is -0.313. The molecule has 1 N–H and O–H groups in total. The van der Waals surface area contributed by atoms with Gasteiger partial charge in [-0.05, 0) is 31.1 Å². The molecular weight excluding hydrogens is 204 g/mol.